The fraction of sp³-hybridized carbons (Fsp3) is 0.714. The molecule has 0 saturated heterocycles. The molecule has 1 aliphatic carbocycles. The highest BCUT2D eigenvalue weighted by Gasteiger charge is 2.51. The Bertz CT molecular complexity index is 1970. The Hall–Kier alpha value is -0.766. The summed E-state index contributed by atoms with van der Waals surface area (Å²) in [7, 11) is -3.77. The van der Waals surface area contributed by atoms with Crippen LogP contribution in [0.15, 0.2) is 24.3 Å². The molecule has 62 heavy (non-hydrogen) atoms. The lowest BCUT2D eigenvalue weighted by atomic mass is 10.00. The van der Waals surface area contributed by atoms with Gasteiger partial charge in [-0.3, -0.25) is 0 Å². The van der Waals surface area contributed by atoms with E-state index < -0.39 is 16.1 Å². The first kappa shape index (κ1) is 49.1. The third kappa shape index (κ3) is 10.2. The van der Waals surface area contributed by atoms with Crippen molar-refractivity contribution in [2.75, 3.05) is 0 Å². The van der Waals surface area contributed by atoms with Crippen LogP contribution in [0.2, 0.25) is 24.2 Å². The highest BCUT2D eigenvalue weighted by atomic mass is 32.1. The molecule has 3 aliphatic rings. The smallest absolute Gasteiger partial charge is 0.122 e. The Morgan fingerprint density at radius 3 is 1.29 bits per heavy atom. The Labute approximate surface area is 400 Å². The van der Waals surface area contributed by atoms with Crippen molar-refractivity contribution in [3.8, 4) is 19.5 Å². The largest absolute Gasteiger partial charge is 0.140 e. The minimum Gasteiger partial charge on any atom is -0.140 e. The molecule has 1 saturated carbocycles. The molecule has 6 unspecified atom stereocenters. The van der Waals surface area contributed by atoms with E-state index in [4.69, 9.17) is 0 Å². The van der Waals surface area contributed by atoms with E-state index in [1.54, 1.807) is 39.0 Å². The molecule has 6 heterocycles. The molecular formula is C56H88S4Si2. The van der Waals surface area contributed by atoms with E-state index in [0.29, 0.717) is 0 Å². The van der Waals surface area contributed by atoms with Gasteiger partial charge in [0.05, 0.1) is 0 Å². The lowest BCUT2D eigenvalue weighted by Gasteiger charge is -2.35. The number of hydrogen-bond donors (Lipinski definition) is 0. The molecule has 0 N–H and O–H groups in total. The van der Waals surface area contributed by atoms with Crippen molar-refractivity contribution < 1.29 is 0 Å². The highest BCUT2D eigenvalue weighted by Crippen LogP contribution is 2.51. The van der Waals surface area contributed by atoms with Gasteiger partial charge in [0.2, 0.25) is 0 Å². The molecule has 1 fully saturated rings. The second-order valence-electron chi connectivity index (χ2n) is 21.3. The van der Waals surface area contributed by atoms with Crippen LogP contribution in [-0.4, -0.2) is 16.1 Å². The Morgan fingerprint density at radius 1 is 0.484 bits per heavy atom. The predicted octanol–water partition coefficient (Wildman–Crippen LogP) is 17.6. The van der Waals surface area contributed by atoms with Crippen molar-refractivity contribution in [2.24, 2.45) is 29.6 Å². The van der Waals surface area contributed by atoms with Crippen molar-refractivity contribution in [1.29, 1.82) is 0 Å². The molecule has 0 spiro atoms. The number of thiophene rings is 4. The molecular weight excluding hydrogens is 857 g/mol. The Morgan fingerprint density at radius 2 is 0.871 bits per heavy atom. The van der Waals surface area contributed by atoms with E-state index in [1.165, 1.54) is 153 Å². The average Bonchev–Trinajstić information content (AvgIpc) is 4.15. The summed E-state index contributed by atoms with van der Waals surface area (Å²) in [5.41, 5.74) is 0. The van der Waals surface area contributed by atoms with E-state index in [1.807, 2.05) is 20.7 Å². The van der Waals surface area contributed by atoms with Crippen LogP contribution >= 0.6 is 45.3 Å². The number of aryl methyl sites for hydroxylation is 2. The number of rotatable bonds is 27. The first-order valence-electron chi connectivity index (χ1n) is 26.6. The lowest BCUT2D eigenvalue weighted by molar-refractivity contribution is 0.469. The second-order valence-corrected chi connectivity index (χ2v) is 34.1. The van der Waals surface area contributed by atoms with Gasteiger partial charge in [-0.15, -0.1) is 45.3 Å². The van der Waals surface area contributed by atoms with E-state index in [9.17, 15) is 0 Å². The predicted molar refractivity (Wildman–Crippen MR) is 291 cm³/mol. The van der Waals surface area contributed by atoms with Crippen molar-refractivity contribution in [3.05, 3.63) is 43.8 Å². The van der Waals surface area contributed by atoms with Crippen molar-refractivity contribution in [3.63, 3.8) is 0 Å². The van der Waals surface area contributed by atoms with Gasteiger partial charge >= 0.3 is 0 Å². The van der Waals surface area contributed by atoms with E-state index in [2.05, 4.69) is 139 Å². The molecule has 344 valence electrons. The lowest BCUT2D eigenvalue weighted by Crippen LogP contribution is -2.56. The summed E-state index contributed by atoms with van der Waals surface area (Å²) in [4.78, 5) is 13.6. The first-order chi connectivity index (χ1) is 30.1. The fourth-order valence-electron chi connectivity index (χ4n) is 13.2. The molecule has 2 aliphatic heterocycles. The van der Waals surface area contributed by atoms with Gasteiger partial charge in [-0.25, -0.2) is 0 Å². The van der Waals surface area contributed by atoms with E-state index >= 15 is 0 Å². The summed E-state index contributed by atoms with van der Waals surface area (Å²) < 4.78 is 0. The summed E-state index contributed by atoms with van der Waals surface area (Å²) in [6.07, 6.45) is 27.6. The number of fused-ring (bicyclic) bond motifs is 6. The van der Waals surface area contributed by atoms with Crippen LogP contribution in [0.1, 0.15) is 203 Å². The minimum atomic E-state index is -1.89. The zero-order valence-corrected chi connectivity index (χ0v) is 46.6. The molecule has 0 amide bonds. The van der Waals surface area contributed by atoms with Gasteiger partial charge in [0.25, 0.3) is 0 Å². The maximum atomic E-state index is 2.91. The SMILES string of the molecule is CCCCC(CC)C[Si]1(CC(CC)CCCC)c2cc(C)sc2-c2sc(CC3CCC(c4cc5c(s4)-c4sc(C)cc4[Si]5(CC(CC)CCCC)CC(CC)CCCC)C3)cc21. The molecule has 4 aromatic rings. The maximum absolute atomic E-state index is 2.91. The van der Waals surface area contributed by atoms with Crippen LogP contribution in [0.4, 0.5) is 0 Å². The average molecular weight is 946 g/mol. The molecule has 0 radical (unpaired) electrons. The van der Waals surface area contributed by atoms with E-state index in [0.717, 1.165) is 35.5 Å². The molecule has 6 heteroatoms. The molecule has 4 aromatic heterocycles. The molecule has 0 aromatic carbocycles. The maximum Gasteiger partial charge on any atom is 0.122 e. The van der Waals surface area contributed by atoms with Gasteiger partial charge in [0.15, 0.2) is 0 Å². The van der Waals surface area contributed by atoms with Gasteiger partial charge in [-0.2, -0.15) is 0 Å². The van der Waals surface area contributed by atoms with Crippen LogP contribution in [-0.2, 0) is 6.42 Å². The molecule has 0 nitrogen and oxygen atoms in total. The summed E-state index contributed by atoms with van der Waals surface area (Å²) >= 11 is 8.87. The van der Waals surface area contributed by atoms with Gasteiger partial charge in [0.1, 0.15) is 16.1 Å². The summed E-state index contributed by atoms with van der Waals surface area (Å²) in [6.45, 7) is 24.5. The summed E-state index contributed by atoms with van der Waals surface area (Å²) in [5.74, 6) is 5.09. The fourth-order valence-corrected chi connectivity index (χ4v) is 34.1. The minimum absolute atomic E-state index is 0.760. The number of unbranched alkanes of at least 4 members (excludes halogenated alkanes) is 4. The van der Waals surface area contributed by atoms with Crippen molar-refractivity contribution in [1.82, 2.24) is 0 Å². The quantitative estimate of drug-likeness (QED) is 0.0523. The van der Waals surface area contributed by atoms with Crippen molar-refractivity contribution in [2.45, 2.75) is 228 Å². The molecule has 0 bridgehead atoms. The third-order valence-electron chi connectivity index (χ3n) is 16.9. The normalized spacial score (nSPS) is 23.4. The standard InChI is InChI=1S/C56H88S4Si2/c1-11-19-23-41(15-5)35-61(36-42(16-6)24-20-12-2)49-29-39(9)57-53(49)55-51(61)33-47(59-55)32-45-27-28-46(31-45)48-34-52-56(60-48)54-50(30-40(10)58-54)62(52,37-43(17-7)25-21-13-3)38-44(18-8)26-22-14-4/h29-30,33-34,41-46H,11-28,31-32,35-38H2,1-10H3. The van der Waals surface area contributed by atoms with Gasteiger partial charge in [-0.05, 0) is 144 Å². The summed E-state index contributed by atoms with van der Waals surface area (Å²) in [5, 5.41) is 7.57. The number of hydrogen-bond acceptors (Lipinski definition) is 4. The van der Waals surface area contributed by atoms with Crippen LogP contribution in [0.3, 0.4) is 0 Å². The van der Waals surface area contributed by atoms with Crippen LogP contribution < -0.4 is 20.7 Å². The molecule has 7 rings (SSSR count). The van der Waals surface area contributed by atoms with Gasteiger partial charge < -0.3 is 0 Å². The zero-order valence-electron chi connectivity index (χ0n) is 41.4. The third-order valence-corrected chi connectivity index (χ3v) is 33.3. The van der Waals surface area contributed by atoms with Gasteiger partial charge in [-0.1, -0.05) is 158 Å². The van der Waals surface area contributed by atoms with Crippen LogP contribution in [0.5, 0.6) is 0 Å². The van der Waals surface area contributed by atoms with Crippen LogP contribution in [0.25, 0.3) is 19.5 Å². The van der Waals surface area contributed by atoms with Gasteiger partial charge in [0, 0.05) is 39.0 Å². The topological polar surface area (TPSA) is 0 Å². The monoisotopic (exact) mass is 945 g/mol. The molecule has 6 atom stereocenters. The zero-order chi connectivity index (χ0) is 44.0. The Balaban J connectivity index is 1.18. The first-order valence-corrected chi connectivity index (χ1v) is 34.7. The van der Waals surface area contributed by atoms with Crippen LogP contribution in [0, 0.1) is 43.4 Å². The Kier molecular flexibility index (Phi) is 17.7. The van der Waals surface area contributed by atoms with E-state index in [-0.39, 0.29) is 0 Å². The second kappa shape index (κ2) is 22.4. The van der Waals surface area contributed by atoms with Crippen molar-refractivity contribution >= 4 is 82.2 Å². The summed E-state index contributed by atoms with van der Waals surface area (Å²) in [6, 6.07) is 17.2. The highest BCUT2D eigenvalue weighted by molar-refractivity contribution is 7.30.